The molecular formula is C6H48Be4O24S4. The van der Waals surface area contributed by atoms with Gasteiger partial charge in [0.05, 0.1) is 0 Å². The van der Waals surface area contributed by atoms with Gasteiger partial charge in [-0.3, -0.25) is 0 Å². The summed E-state index contributed by atoms with van der Waals surface area (Å²) in [5, 5.41) is 29.3. The molecule has 248 valence electrons. The van der Waals surface area contributed by atoms with Crippen molar-refractivity contribution in [1.29, 1.82) is 0 Å². The molecule has 0 aromatic heterocycles. The molecule has 0 bridgehead atoms. The third-order valence-electron chi connectivity index (χ3n) is 0.466. The van der Waals surface area contributed by atoms with Crippen molar-refractivity contribution in [2.75, 3.05) is 0 Å². The Morgan fingerprint density at radius 1 is 0.342 bits per heavy atom. The Hall–Kier alpha value is 0.475. The van der Waals surface area contributed by atoms with Crippen molar-refractivity contribution in [3.8, 4) is 0 Å². The molecule has 0 aliphatic rings. The second-order valence-electron chi connectivity index (χ2n) is 2.63. The van der Waals surface area contributed by atoms with Crippen LogP contribution in [0.1, 0.15) is 44.6 Å². The Morgan fingerprint density at radius 3 is 0.368 bits per heavy atom. The monoisotopic (exact) mass is 668 g/mol. The Bertz CT molecular complexity index is 594. The first-order valence-corrected chi connectivity index (χ1v) is 10.4. The number of hydrogen-bond donors (Lipinski definition) is 8. The Morgan fingerprint density at radius 2 is 0.368 bits per heavy atom. The number of rotatable bonds is 4. The van der Waals surface area contributed by atoms with Gasteiger partial charge < -0.3 is 43.8 Å². The Labute approximate surface area is 232 Å². The SMILES string of the molecule is C.C.C.C.C.C.O.O.O.O.O.O.O.O.[Be]=[S](=O)(O)OO.[Be]=[S](=O)(O)OO.[Be]=[S](=O)(O)OO.[Be]=[S](=O)(O)OO. The van der Waals surface area contributed by atoms with Gasteiger partial charge in [0.15, 0.2) is 0 Å². The molecule has 0 spiro atoms. The molecule has 0 rings (SSSR count). The van der Waals surface area contributed by atoms with E-state index < -0.39 is 38.5 Å². The van der Waals surface area contributed by atoms with Gasteiger partial charge in [-0.1, -0.05) is 44.6 Å². The molecule has 0 radical (unpaired) electrons. The molecule has 24 nitrogen and oxygen atoms in total. The maximum absolute atomic E-state index is 9.53. The summed E-state index contributed by atoms with van der Waals surface area (Å²) in [6.45, 7) is 0. The second-order valence-corrected chi connectivity index (χ2v) is 7.88. The fourth-order valence-electron chi connectivity index (χ4n) is 0. The van der Waals surface area contributed by atoms with Crippen LogP contribution in [0.5, 0.6) is 0 Å². The topological polar surface area (TPSA) is 519 Å². The molecule has 0 saturated carbocycles. The van der Waals surface area contributed by atoms with Crippen LogP contribution in [0, 0.1) is 0 Å². The molecule has 0 aliphatic heterocycles. The van der Waals surface area contributed by atoms with Crippen molar-refractivity contribution in [1.82, 2.24) is 0 Å². The van der Waals surface area contributed by atoms with Gasteiger partial charge in [-0.25, -0.2) is 0 Å². The van der Waals surface area contributed by atoms with Crippen molar-refractivity contribution < 1.29 is 117 Å². The molecule has 0 fully saturated rings. The first-order valence-electron chi connectivity index (χ1n) is 3.95. The summed E-state index contributed by atoms with van der Waals surface area (Å²) in [5.41, 5.74) is 0. The zero-order chi connectivity index (χ0) is 20.8. The zero-order valence-electron chi connectivity index (χ0n) is 15.3. The van der Waals surface area contributed by atoms with E-state index in [1.807, 2.05) is 0 Å². The van der Waals surface area contributed by atoms with Crippen LogP contribution in [-0.4, -0.2) is 133 Å². The molecule has 0 heterocycles. The average Bonchev–Trinajstić information content (AvgIpc) is 2.37. The van der Waals surface area contributed by atoms with Crippen molar-refractivity contribution in [2.45, 2.75) is 44.6 Å². The molecule has 32 heteroatoms. The van der Waals surface area contributed by atoms with Crippen LogP contribution in [0.15, 0.2) is 0 Å². The first kappa shape index (κ1) is 129. The van der Waals surface area contributed by atoms with E-state index in [0.717, 1.165) is 0 Å². The van der Waals surface area contributed by atoms with Crippen molar-refractivity contribution >= 4 is 71.4 Å². The van der Waals surface area contributed by atoms with Gasteiger partial charge in [-0.2, -0.15) is 0 Å². The predicted octanol–water partition coefficient (Wildman–Crippen LogP) is -5.85. The molecule has 0 aromatic rings. The molecule has 0 saturated heterocycles. The van der Waals surface area contributed by atoms with Gasteiger partial charge in [-0.15, -0.1) is 0 Å². The third-order valence-corrected chi connectivity index (χ3v) is 1.40. The summed E-state index contributed by atoms with van der Waals surface area (Å²) in [5.74, 6) is 0. The second kappa shape index (κ2) is 61.5. The summed E-state index contributed by atoms with van der Waals surface area (Å²) in [7, 11) is -4.43. The van der Waals surface area contributed by atoms with Crippen molar-refractivity contribution in [3.05, 3.63) is 0 Å². The standard InChI is InChI=1S/6CH4.4Be.4H2O4S.8H2O/c;;;;;;;;;;4*1-4-5(2)3;;;;;;;;/h6*1H4;;;;;4*1H,(H,2,3);8*1H2. The van der Waals surface area contributed by atoms with Crippen LogP contribution in [0.3, 0.4) is 0 Å². The van der Waals surface area contributed by atoms with Crippen molar-refractivity contribution in [2.24, 2.45) is 0 Å². The van der Waals surface area contributed by atoms with Gasteiger partial charge in [0.25, 0.3) is 0 Å². The molecule has 4 unspecified atom stereocenters. The van der Waals surface area contributed by atoms with E-state index in [2.05, 4.69) is 50.2 Å². The van der Waals surface area contributed by atoms with Gasteiger partial charge in [0.2, 0.25) is 0 Å². The Balaban J connectivity index is -0.00000000781. The molecule has 38 heavy (non-hydrogen) atoms. The van der Waals surface area contributed by atoms with E-state index in [-0.39, 0.29) is 88.4 Å². The fraction of sp³-hybridized carbons (Fsp3) is 1.00. The van der Waals surface area contributed by atoms with E-state index in [1.165, 1.54) is 0 Å². The summed E-state index contributed by atoms with van der Waals surface area (Å²) in [4.78, 5) is 0. The van der Waals surface area contributed by atoms with E-state index >= 15 is 0 Å². The average molecular weight is 669 g/mol. The van der Waals surface area contributed by atoms with E-state index in [4.69, 9.17) is 39.2 Å². The number of hydrogen-bond acceptors (Lipinski definition) is 12. The summed E-state index contributed by atoms with van der Waals surface area (Å²) in [6, 6.07) is 0. The maximum atomic E-state index is 9.53. The van der Waals surface area contributed by atoms with Crippen LogP contribution in [0.25, 0.3) is 0 Å². The zero-order valence-corrected chi connectivity index (χ0v) is 18.6. The van der Waals surface area contributed by atoms with Gasteiger partial charge >= 0.3 is 145 Å². The minimum absolute atomic E-state index is 0. The van der Waals surface area contributed by atoms with Gasteiger partial charge in [0, 0.05) is 0 Å². The van der Waals surface area contributed by atoms with Crippen LogP contribution < -0.4 is 0 Å². The van der Waals surface area contributed by atoms with Gasteiger partial charge in [-0.05, 0) is 0 Å². The summed E-state index contributed by atoms with van der Waals surface area (Å²) in [6.07, 6.45) is 0. The van der Waals surface area contributed by atoms with Gasteiger partial charge in [0.1, 0.15) is 0 Å². The van der Waals surface area contributed by atoms with Crippen LogP contribution >= 0.6 is 0 Å². The van der Waals surface area contributed by atoms with E-state index in [0.29, 0.717) is 0 Å². The Kier molecular flexibility index (Phi) is 209. The first-order chi connectivity index (χ1) is 10.2. The third kappa shape index (κ3) is 295. The van der Waals surface area contributed by atoms with E-state index in [1.54, 1.807) is 0 Å². The molecule has 0 amide bonds. The van der Waals surface area contributed by atoms with E-state index in [9.17, 15) is 16.8 Å². The van der Waals surface area contributed by atoms with Crippen LogP contribution in [-0.2, 0) is 55.9 Å². The quantitative estimate of drug-likeness (QED) is 0.0785. The minimum atomic E-state index is -3.61. The summed E-state index contributed by atoms with van der Waals surface area (Å²) < 4.78 is 80.8. The fourth-order valence-corrected chi connectivity index (χ4v) is 0. The summed E-state index contributed by atoms with van der Waals surface area (Å²) >= 11 is 0. The van der Waals surface area contributed by atoms with Crippen molar-refractivity contribution in [3.63, 3.8) is 0 Å². The predicted molar refractivity (Wildman–Crippen MR) is 150 cm³/mol. The molecule has 0 aliphatic carbocycles. The molecule has 4 atom stereocenters. The normalized spacial score (nSPS) is 12.6. The van der Waals surface area contributed by atoms with Crippen LogP contribution in [0.2, 0.25) is 0 Å². The molecule has 0 aromatic carbocycles. The molecular weight excluding hydrogens is 620 g/mol. The van der Waals surface area contributed by atoms with Crippen LogP contribution in [0.4, 0.5) is 0 Å². The molecule has 24 N–H and O–H groups in total.